The number of rotatable bonds is 2. The van der Waals surface area contributed by atoms with Crippen LogP contribution in [0.25, 0.3) is 0 Å². The average Bonchev–Trinajstić information content (AvgIpc) is 1.95. The summed E-state index contributed by atoms with van der Waals surface area (Å²) in [6.45, 7) is 4.50. The summed E-state index contributed by atoms with van der Waals surface area (Å²) in [7, 11) is 0. The molecular formula is C7H10O3. The fraction of sp³-hybridized carbons (Fsp3) is 0.571. The number of hydrogen-bond donors (Lipinski definition) is 0. The summed E-state index contributed by atoms with van der Waals surface area (Å²) in [4.78, 5) is 10.3. The van der Waals surface area contributed by atoms with E-state index in [1.807, 2.05) is 0 Å². The molecule has 0 aromatic rings. The molecule has 10 heavy (non-hydrogen) atoms. The van der Waals surface area contributed by atoms with Crippen LogP contribution in [0.4, 0.5) is 4.79 Å². The molecule has 0 amide bonds. The lowest BCUT2D eigenvalue weighted by Crippen LogP contribution is -2.26. The molecule has 0 spiro atoms. The van der Waals surface area contributed by atoms with Crippen molar-refractivity contribution in [3.05, 3.63) is 12.7 Å². The zero-order valence-electron chi connectivity index (χ0n) is 5.71. The van der Waals surface area contributed by atoms with Crippen LogP contribution in [0.1, 0.15) is 6.42 Å². The molecule has 3 heteroatoms. The van der Waals surface area contributed by atoms with Crippen LogP contribution in [0, 0.1) is 5.92 Å². The Balaban J connectivity index is 2.25. The van der Waals surface area contributed by atoms with Gasteiger partial charge in [0.25, 0.3) is 0 Å². The smallest absolute Gasteiger partial charge is 0.434 e. The predicted octanol–water partition coefficient (Wildman–Crippen LogP) is 1.35. The third-order valence-corrected chi connectivity index (χ3v) is 1.37. The van der Waals surface area contributed by atoms with Crippen molar-refractivity contribution in [2.45, 2.75) is 6.42 Å². The quantitative estimate of drug-likeness (QED) is 0.431. The minimum absolute atomic E-state index is 0.301. The van der Waals surface area contributed by atoms with Gasteiger partial charge in [0.1, 0.15) is 13.2 Å². The molecule has 0 radical (unpaired) electrons. The van der Waals surface area contributed by atoms with Crippen molar-refractivity contribution in [1.29, 1.82) is 0 Å². The second kappa shape index (κ2) is 3.25. The van der Waals surface area contributed by atoms with Crippen LogP contribution in [0.5, 0.6) is 0 Å². The Morgan fingerprint density at radius 1 is 1.60 bits per heavy atom. The number of ether oxygens (including phenoxy) is 2. The van der Waals surface area contributed by atoms with Crippen LogP contribution in [0.3, 0.4) is 0 Å². The lowest BCUT2D eigenvalue weighted by atomic mass is 10.1. The van der Waals surface area contributed by atoms with Crippen molar-refractivity contribution >= 4 is 6.16 Å². The summed E-state index contributed by atoms with van der Waals surface area (Å²) in [6, 6.07) is 0. The zero-order chi connectivity index (χ0) is 7.40. The Hall–Kier alpha value is -0.990. The summed E-state index contributed by atoms with van der Waals surface area (Å²) < 4.78 is 9.27. The highest BCUT2D eigenvalue weighted by Gasteiger charge is 2.19. The third-order valence-electron chi connectivity index (χ3n) is 1.37. The maximum atomic E-state index is 10.3. The maximum Gasteiger partial charge on any atom is 0.508 e. The average molecular weight is 142 g/mol. The monoisotopic (exact) mass is 142 g/mol. The molecule has 1 rings (SSSR count). The number of allylic oxidation sites excluding steroid dienone is 1. The first kappa shape index (κ1) is 7.12. The molecule has 1 fully saturated rings. The van der Waals surface area contributed by atoms with Gasteiger partial charge in [0.2, 0.25) is 0 Å². The first-order chi connectivity index (χ1) is 4.83. The van der Waals surface area contributed by atoms with Gasteiger partial charge >= 0.3 is 6.16 Å². The van der Waals surface area contributed by atoms with Crippen LogP contribution < -0.4 is 0 Å². The molecule has 1 saturated heterocycles. The van der Waals surface area contributed by atoms with E-state index in [9.17, 15) is 4.79 Å². The van der Waals surface area contributed by atoms with Gasteiger partial charge in [-0.2, -0.15) is 0 Å². The fourth-order valence-corrected chi connectivity index (χ4v) is 0.833. The van der Waals surface area contributed by atoms with Crippen LogP contribution in [-0.2, 0) is 9.47 Å². The molecule has 0 saturated carbocycles. The molecule has 3 nitrogen and oxygen atoms in total. The molecule has 1 aliphatic rings. The molecule has 0 N–H and O–H groups in total. The molecule has 0 bridgehead atoms. The first-order valence-corrected chi connectivity index (χ1v) is 3.23. The normalized spacial score (nSPS) is 19.4. The highest BCUT2D eigenvalue weighted by Crippen LogP contribution is 2.10. The summed E-state index contributed by atoms with van der Waals surface area (Å²) in [5.74, 6) is 0.301. The van der Waals surface area contributed by atoms with Gasteiger partial charge in [-0.25, -0.2) is 4.79 Å². The molecule has 0 atom stereocenters. The summed E-state index contributed by atoms with van der Waals surface area (Å²) in [5.41, 5.74) is 0. The van der Waals surface area contributed by atoms with E-state index in [4.69, 9.17) is 0 Å². The van der Waals surface area contributed by atoms with Gasteiger partial charge in [-0.3, -0.25) is 0 Å². The van der Waals surface area contributed by atoms with Gasteiger partial charge in [-0.15, -0.1) is 6.58 Å². The largest absolute Gasteiger partial charge is 0.508 e. The van der Waals surface area contributed by atoms with Crippen molar-refractivity contribution in [2.24, 2.45) is 5.92 Å². The topological polar surface area (TPSA) is 35.5 Å². The van der Waals surface area contributed by atoms with E-state index in [-0.39, 0.29) is 0 Å². The van der Waals surface area contributed by atoms with Crippen molar-refractivity contribution in [3.8, 4) is 0 Å². The standard InChI is InChI=1S/C7H10O3/c1-2-3-6-4-9-7(8)10-5-6/h2,6H,1,3-5H2. The van der Waals surface area contributed by atoms with Crippen LogP contribution in [0.15, 0.2) is 12.7 Å². The molecular weight excluding hydrogens is 132 g/mol. The maximum absolute atomic E-state index is 10.3. The molecule has 0 aromatic heterocycles. The van der Waals surface area contributed by atoms with Crippen molar-refractivity contribution in [1.82, 2.24) is 0 Å². The van der Waals surface area contributed by atoms with Gasteiger partial charge in [-0.05, 0) is 6.42 Å². The Morgan fingerprint density at radius 3 is 2.70 bits per heavy atom. The molecule has 56 valence electrons. The van der Waals surface area contributed by atoms with Crippen LogP contribution in [-0.4, -0.2) is 19.4 Å². The second-order valence-electron chi connectivity index (χ2n) is 2.26. The van der Waals surface area contributed by atoms with E-state index in [0.29, 0.717) is 19.1 Å². The SMILES string of the molecule is C=CCC1COC(=O)OC1. The van der Waals surface area contributed by atoms with E-state index in [2.05, 4.69) is 16.1 Å². The van der Waals surface area contributed by atoms with Gasteiger partial charge < -0.3 is 9.47 Å². The van der Waals surface area contributed by atoms with E-state index < -0.39 is 6.16 Å². The second-order valence-corrected chi connectivity index (χ2v) is 2.26. The van der Waals surface area contributed by atoms with E-state index in [1.54, 1.807) is 6.08 Å². The van der Waals surface area contributed by atoms with Crippen molar-refractivity contribution in [3.63, 3.8) is 0 Å². The van der Waals surface area contributed by atoms with Crippen molar-refractivity contribution < 1.29 is 14.3 Å². The number of carbonyl (C=O) groups is 1. The Bertz CT molecular complexity index is 132. The predicted molar refractivity (Wildman–Crippen MR) is 35.6 cm³/mol. The number of carbonyl (C=O) groups excluding carboxylic acids is 1. The Kier molecular flexibility index (Phi) is 2.31. The molecule has 1 heterocycles. The van der Waals surface area contributed by atoms with E-state index >= 15 is 0 Å². The minimum Gasteiger partial charge on any atom is -0.434 e. The molecule has 1 aliphatic heterocycles. The molecule has 0 unspecified atom stereocenters. The minimum atomic E-state index is -0.555. The van der Waals surface area contributed by atoms with E-state index in [0.717, 1.165) is 6.42 Å². The van der Waals surface area contributed by atoms with Gasteiger partial charge in [0.05, 0.1) is 0 Å². The summed E-state index contributed by atoms with van der Waals surface area (Å²) in [6.07, 6.45) is 2.08. The van der Waals surface area contributed by atoms with Gasteiger partial charge in [-0.1, -0.05) is 6.08 Å². The third kappa shape index (κ3) is 1.76. The summed E-state index contributed by atoms with van der Waals surface area (Å²) in [5, 5.41) is 0. The highest BCUT2D eigenvalue weighted by atomic mass is 16.7. The van der Waals surface area contributed by atoms with Gasteiger partial charge in [0.15, 0.2) is 0 Å². The summed E-state index contributed by atoms with van der Waals surface area (Å²) >= 11 is 0. The van der Waals surface area contributed by atoms with Crippen LogP contribution in [0.2, 0.25) is 0 Å². The fourth-order valence-electron chi connectivity index (χ4n) is 0.833. The lowest BCUT2D eigenvalue weighted by molar-refractivity contribution is -0.0110. The molecule has 0 aromatic carbocycles. The highest BCUT2D eigenvalue weighted by molar-refractivity contribution is 5.60. The van der Waals surface area contributed by atoms with Crippen molar-refractivity contribution in [2.75, 3.05) is 13.2 Å². The Morgan fingerprint density at radius 2 is 2.20 bits per heavy atom. The number of hydrogen-bond acceptors (Lipinski definition) is 3. The van der Waals surface area contributed by atoms with Crippen LogP contribution >= 0.6 is 0 Å². The van der Waals surface area contributed by atoms with E-state index in [1.165, 1.54) is 0 Å². The number of cyclic esters (lactones) is 2. The Labute approximate surface area is 59.6 Å². The van der Waals surface area contributed by atoms with Gasteiger partial charge in [0, 0.05) is 5.92 Å². The molecule has 0 aliphatic carbocycles. The first-order valence-electron chi connectivity index (χ1n) is 3.23. The zero-order valence-corrected chi connectivity index (χ0v) is 5.71. The lowest BCUT2D eigenvalue weighted by Gasteiger charge is -2.19.